The number of carboxylic acids is 1. The van der Waals surface area contributed by atoms with Crippen molar-refractivity contribution in [1.29, 1.82) is 0 Å². The predicted octanol–water partition coefficient (Wildman–Crippen LogP) is 0.222. The molecule has 88 valence electrons. The van der Waals surface area contributed by atoms with Gasteiger partial charge in [0.1, 0.15) is 6.04 Å². The van der Waals surface area contributed by atoms with Gasteiger partial charge in [0, 0.05) is 0 Å². The van der Waals surface area contributed by atoms with Crippen molar-refractivity contribution in [3.63, 3.8) is 0 Å². The number of benzene rings is 1. The zero-order valence-electron chi connectivity index (χ0n) is 9.02. The fourth-order valence-corrected chi connectivity index (χ4v) is 1.46. The summed E-state index contributed by atoms with van der Waals surface area (Å²) in [6.07, 6.45) is 3.49. The molecular formula is C11H12N4O2. The van der Waals surface area contributed by atoms with Crippen molar-refractivity contribution in [3.05, 3.63) is 42.2 Å². The van der Waals surface area contributed by atoms with Gasteiger partial charge in [-0.25, -0.2) is 0 Å². The third-order valence-electron chi connectivity index (χ3n) is 2.36. The molecule has 0 spiro atoms. The van der Waals surface area contributed by atoms with E-state index in [1.165, 1.54) is 4.80 Å². The van der Waals surface area contributed by atoms with Crippen LogP contribution in [0.2, 0.25) is 0 Å². The maximum absolute atomic E-state index is 10.6. The molecule has 0 aliphatic carbocycles. The van der Waals surface area contributed by atoms with E-state index in [-0.39, 0.29) is 0 Å². The SMILES string of the molecule is NC(Cc1ccc(-n2nccn2)cc1)C(=O)O. The van der Waals surface area contributed by atoms with Crippen molar-refractivity contribution >= 4 is 5.97 Å². The first-order valence-electron chi connectivity index (χ1n) is 5.11. The number of carbonyl (C=O) groups is 1. The van der Waals surface area contributed by atoms with Crippen LogP contribution in [0.5, 0.6) is 0 Å². The molecule has 0 saturated heterocycles. The lowest BCUT2D eigenvalue weighted by Gasteiger charge is -2.07. The van der Waals surface area contributed by atoms with Gasteiger partial charge in [-0.05, 0) is 24.1 Å². The fraction of sp³-hybridized carbons (Fsp3) is 0.182. The summed E-state index contributed by atoms with van der Waals surface area (Å²) < 4.78 is 0. The number of carboxylic acid groups (broad SMARTS) is 1. The Hall–Kier alpha value is -2.21. The van der Waals surface area contributed by atoms with Gasteiger partial charge in [0.2, 0.25) is 0 Å². The lowest BCUT2D eigenvalue weighted by molar-refractivity contribution is -0.138. The quantitative estimate of drug-likeness (QED) is 0.786. The van der Waals surface area contributed by atoms with Crippen LogP contribution in [0.3, 0.4) is 0 Å². The van der Waals surface area contributed by atoms with Crippen molar-refractivity contribution < 1.29 is 9.90 Å². The third kappa shape index (κ3) is 2.67. The first-order chi connectivity index (χ1) is 8.16. The second kappa shape index (κ2) is 4.75. The van der Waals surface area contributed by atoms with Crippen LogP contribution in [0.15, 0.2) is 36.7 Å². The minimum absolute atomic E-state index is 0.308. The maximum Gasteiger partial charge on any atom is 0.320 e. The summed E-state index contributed by atoms with van der Waals surface area (Å²) >= 11 is 0. The average molecular weight is 232 g/mol. The van der Waals surface area contributed by atoms with Crippen LogP contribution in [0.1, 0.15) is 5.56 Å². The molecule has 0 aliphatic rings. The summed E-state index contributed by atoms with van der Waals surface area (Å²) in [4.78, 5) is 12.1. The molecule has 6 heteroatoms. The van der Waals surface area contributed by atoms with Crippen molar-refractivity contribution in [2.75, 3.05) is 0 Å². The molecule has 0 bridgehead atoms. The standard InChI is InChI=1S/C11H12N4O2/c12-10(11(16)17)7-8-1-3-9(4-2-8)15-13-5-6-14-15/h1-6,10H,7,12H2,(H,16,17). The maximum atomic E-state index is 10.6. The monoisotopic (exact) mass is 232 g/mol. The van der Waals surface area contributed by atoms with Crippen LogP contribution < -0.4 is 5.73 Å². The highest BCUT2D eigenvalue weighted by Gasteiger charge is 2.11. The molecule has 1 aromatic carbocycles. The van der Waals surface area contributed by atoms with Gasteiger partial charge in [-0.15, -0.1) is 0 Å². The van der Waals surface area contributed by atoms with Gasteiger partial charge in [-0.3, -0.25) is 4.79 Å². The molecule has 1 heterocycles. The second-order valence-corrected chi connectivity index (χ2v) is 3.63. The second-order valence-electron chi connectivity index (χ2n) is 3.63. The van der Waals surface area contributed by atoms with Crippen molar-refractivity contribution in [2.45, 2.75) is 12.5 Å². The summed E-state index contributed by atoms with van der Waals surface area (Å²) in [5.74, 6) is -0.997. The van der Waals surface area contributed by atoms with Crippen LogP contribution in [0, 0.1) is 0 Å². The first-order valence-corrected chi connectivity index (χ1v) is 5.11. The van der Waals surface area contributed by atoms with Crippen LogP contribution >= 0.6 is 0 Å². The molecule has 1 unspecified atom stereocenters. The average Bonchev–Trinajstić information content (AvgIpc) is 2.83. The van der Waals surface area contributed by atoms with E-state index in [0.717, 1.165) is 11.3 Å². The van der Waals surface area contributed by atoms with E-state index in [0.29, 0.717) is 6.42 Å². The molecule has 1 aromatic heterocycles. The van der Waals surface area contributed by atoms with Crippen molar-refractivity contribution in [2.24, 2.45) is 5.73 Å². The normalized spacial score (nSPS) is 12.3. The molecule has 0 amide bonds. The van der Waals surface area contributed by atoms with E-state index in [4.69, 9.17) is 10.8 Å². The smallest absolute Gasteiger partial charge is 0.320 e. The number of nitrogens with zero attached hydrogens (tertiary/aromatic N) is 3. The molecule has 0 saturated carbocycles. The van der Waals surface area contributed by atoms with Gasteiger partial charge in [-0.1, -0.05) is 12.1 Å². The minimum Gasteiger partial charge on any atom is -0.480 e. The molecule has 17 heavy (non-hydrogen) atoms. The minimum atomic E-state index is -0.997. The van der Waals surface area contributed by atoms with E-state index in [2.05, 4.69) is 10.2 Å². The van der Waals surface area contributed by atoms with Crippen molar-refractivity contribution in [1.82, 2.24) is 15.0 Å². The Morgan fingerprint density at radius 1 is 1.29 bits per heavy atom. The number of hydrogen-bond donors (Lipinski definition) is 2. The summed E-state index contributed by atoms with van der Waals surface area (Å²) in [5.41, 5.74) is 7.14. The van der Waals surface area contributed by atoms with Gasteiger partial charge < -0.3 is 10.8 Å². The number of aliphatic carboxylic acids is 1. The first kappa shape index (κ1) is 11.3. The van der Waals surface area contributed by atoms with Gasteiger partial charge in [0.25, 0.3) is 0 Å². The van der Waals surface area contributed by atoms with Crippen LogP contribution in [0.25, 0.3) is 5.69 Å². The summed E-state index contributed by atoms with van der Waals surface area (Å²) in [5, 5.41) is 16.7. The van der Waals surface area contributed by atoms with Gasteiger partial charge in [-0.2, -0.15) is 15.0 Å². The fourth-order valence-electron chi connectivity index (χ4n) is 1.46. The van der Waals surface area contributed by atoms with Gasteiger partial charge in [0.15, 0.2) is 0 Å². The van der Waals surface area contributed by atoms with E-state index in [1.54, 1.807) is 12.4 Å². The Morgan fingerprint density at radius 3 is 2.41 bits per heavy atom. The van der Waals surface area contributed by atoms with Crippen LogP contribution in [-0.4, -0.2) is 32.1 Å². The highest BCUT2D eigenvalue weighted by molar-refractivity contribution is 5.73. The van der Waals surface area contributed by atoms with Gasteiger partial charge >= 0.3 is 5.97 Å². The van der Waals surface area contributed by atoms with Crippen LogP contribution in [-0.2, 0) is 11.2 Å². The highest BCUT2D eigenvalue weighted by Crippen LogP contribution is 2.08. The molecule has 2 aromatic rings. The summed E-state index contributed by atoms with van der Waals surface area (Å²) in [7, 11) is 0. The Bertz CT molecular complexity index is 493. The number of hydrogen-bond acceptors (Lipinski definition) is 4. The Labute approximate surface area is 97.7 Å². The Balaban J connectivity index is 2.11. The molecule has 2 rings (SSSR count). The zero-order valence-corrected chi connectivity index (χ0v) is 9.02. The van der Waals surface area contributed by atoms with E-state index < -0.39 is 12.0 Å². The predicted molar refractivity (Wildman–Crippen MR) is 60.7 cm³/mol. The lowest BCUT2D eigenvalue weighted by Crippen LogP contribution is -2.32. The summed E-state index contributed by atoms with van der Waals surface area (Å²) in [6.45, 7) is 0. The molecular weight excluding hydrogens is 220 g/mol. The molecule has 3 N–H and O–H groups in total. The van der Waals surface area contributed by atoms with Crippen LogP contribution in [0.4, 0.5) is 0 Å². The zero-order chi connectivity index (χ0) is 12.3. The lowest BCUT2D eigenvalue weighted by atomic mass is 10.1. The molecule has 6 nitrogen and oxygen atoms in total. The number of rotatable bonds is 4. The highest BCUT2D eigenvalue weighted by atomic mass is 16.4. The van der Waals surface area contributed by atoms with E-state index >= 15 is 0 Å². The van der Waals surface area contributed by atoms with E-state index in [9.17, 15) is 4.79 Å². The third-order valence-corrected chi connectivity index (χ3v) is 2.36. The number of nitrogens with two attached hydrogens (primary N) is 1. The van der Waals surface area contributed by atoms with Crippen molar-refractivity contribution in [3.8, 4) is 5.69 Å². The van der Waals surface area contributed by atoms with E-state index in [1.807, 2.05) is 24.3 Å². The molecule has 0 radical (unpaired) electrons. The summed E-state index contributed by atoms with van der Waals surface area (Å²) in [6, 6.07) is 6.42. The molecule has 0 fully saturated rings. The number of aromatic nitrogens is 3. The Morgan fingerprint density at radius 2 is 1.88 bits per heavy atom. The largest absolute Gasteiger partial charge is 0.480 e. The molecule has 0 aliphatic heterocycles. The molecule has 1 atom stereocenters. The Kier molecular flexibility index (Phi) is 3.15. The topological polar surface area (TPSA) is 94.0 Å². The van der Waals surface area contributed by atoms with Gasteiger partial charge in [0.05, 0.1) is 18.1 Å².